The van der Waals surface area contributed by atoms with E-state index in [4.69, 9.17) is 14.2 Å². The third-order valence-corrected chi connectivity index (χ3v) is 3.83. The first kappa shape index (κ1) is 15.5. The summed E-state index contributed by atoms with van der Waals surface area (Å²) in [5, 5.41) is 10.8. The number of hydrogen-bond acceptors (Lipinski definition) is 5. The number of nitro benzene ring substituents is 1. The Hall–Kier alpha value is -2.44. The van der Waals surface area contributed by atoms with Crippen LogP contribution in [0.4, 0.5) is 5.69 Å². The van der Waals surface area contributed by atoms with Crippen LogP contribution in [0, 0.1) is 10.1 Å². The predicted octanol–water partition coefficient (Wildman–Crippen LogP) is 3.24. The summed E-state index contributed by atoms with van der Waals surface area (Å²) in [6, 6.07) is 13.7. The number of nitro groups is 1. The first-order chi connectivity index (χ1) is 11.2. The lowest BCUT2D eigenvalue weighted by Gasteiger charge is -2.38. The zero-order chi connectivity index (χ0) is 16.3. The van der Waals surface area contributed by atoms with Crippen LogP contribution in [0.25, 0.3) is 0 Å². The number of methoxy groups -OCH3 is 1. The highest BCUT2D eigenvalue weighted by Crippen LogP contribution is 2.38. The molecule has 2 aromatic carbocycles. The molecule has 0 aromatic heterocycles. The summed E-state index contributed by atoms with van der Waals surface area (Å²) in [4.78, 5) is 10.4. The van der Waals surface area contributed by atoms with Gasteiger partial charge in [0, 0.05) is 23.3 Å². The van der Waals surface area contributed by atoms with Crippen molar-refractivity contribution in [1.29, 1.82) is 0 Å². The molecule has 6 nitrogen and oxygen atoms in total. The Balaban J connectivity index is 2.03. The molecule has 3 rings (SSSR count). The molecular weight excluding hydrogens is 298 g/mol. The van der Waals surface area contributed by atoms with Gasteiger partial charge in [0.1, 0.15) is 5.75 Å². The molecule has 0 amide bonds. The highest BCUT2D eigenvalue weighted by Gasteiger charge is 2.39. The molecule has 6 heteroatoms. The third kappa shape index (κ3) is 2.91. The summed E-state index contributed by atoms with van der Waals surface area (Å²) in [7, 11) is 1.61. The van der Waals surface area contributed by atoms with E-state index in [1.54, 1.807) is 19.2 Å². The van der Waals surface area contributed by atoms with E-state index >= 15 is 0 Å². The van der Waals surface area contributed by atoms with Crippen LogP contribution in [0.1, 0.15) is 17.5 Å². The van der Waals surface area contributed by atoms with Crippen LogP contribution in [0.3, 0.4) is 0 Å². The summed E-state index contributed by atoms with van der Waals surface area (Å²) in [6.45, 7) is 1.12. The maximum Gasteiger partial charge on any atom is 0.269 e. The number of nitrogens with zero attached hydrogens (tertiary/aromatic N) is 1. The number of non-ortho nitro benzene ring substituents is 1. The van der Waals surface area contributed by atoms with Crippen LogP contribution < -0.4 is 4.74 Å². The standard InChI is InChI=1S/C17H17NO5/c1-21-16-9-5-14(6-10-16)17(22-11-2-12-23-17)13-3-7-15(8-4-13)18(19)20/h3-10H,2,11-12H2,1H3. The van der Waals surface area contributed by atoms with Gasteiger partial charge in [-0.2, -0.15) is 0 Å². The molecular formula is C17H17NO5. The highest BCUT2D eigenvalue weighted by molar-refractivity contribution is 5.41. The van der Waals surface area contributed by atoms with Gasteiger partial charge in [-0.3, -0.25) is 10.1 Å². The van der Waals surface area contributed by atoms with Gasteiger partial charge in [0.25, 0.3) is 5.69 Å². The Kier molecular flexibility index (Phi) is 4.27. The fourth-order valence-electron chi connectivity index (χ4n) is 2.65. The van der Waals surface area contributed by atoms with Crippen LogP contribution in [0.15, 0.2) is 48.5 Å². The first-order valence-electron chi connectivity index (χ1n) is 7.33. The normalized spacial score (nSPS) is 16.7. The number of hydrogen-bond donors (Lipinski definition) is 0. The Labute approximate surface area is 133 Å². The molecule has 1 saturated heterocycles. The van der Waals surface area contributed by atoms with E-state index < -0.39 is 10.7 Å². The van der Waals surface area contributed by atoms with Crippen molar-refractivity contribution in [2.45, 2.75) is 12.2 Å². The van der Waals surface area contributed by atoms with E-state index in [9.17, 15) is 10.1 Å². The molecule has 1 aliphatic heterocycles. The fraction of sp³-hybridized carbons (Fsp3) is 0.294. The zero-order valence-corrected chi connectivity index (χ0v) is 12.7. The van der Waals surface area contributed by atoms with Crippen molar-refractivity contribution in [3.05, 3.63) is 69.8 Å². The van der Waals surface area contributed by atoms with Crippen molar-refractivity contribution in [3.8, 4) is 5.75 Å². The van der Waals surface area contributed by atoms with Gasteiger partial charge < -0.3 is 14.2 Å². The Morgan fingerprint density at radius 1 is 1.00 bits per heavy atom. The monoisotopic (exact) mass is 315 g/mol. The number of rotatable bonds is 4. The van der Waals surface area contributed by atoms with Crippen molar-refractivity contribution < 1.29 is 19.1 Å². The van der Waals surface area contributed by atoms with Crippen molar-refractivity contribution >= 4 is 5.69 Å². The second kappa shape index (κ2) is 6.36. The van der Waals surface area contributed by atoms with Crippen LogP contribution >= 0.6 is 0 Å². The molecule has 0 bridgehead atoms. The molecule has 1 heterocycles. The number of ether oxygens (including phenoxy) is 3. The van der Waals surface area contributed by atoms with Gasteiger partial charge in [0.05, 0.1) is 25.2 Å². The maximum atomic E-state index is 10.8. The molecule has 0 N–H and O–H groups in total. The van der Waals surface area contributed by atoms with Crippen molar-refractivity contribution in [1.82, 2.24) is 0 Å². The predicted molar refractivity (Wildman–Crippen MR) is 83.4 cm³/mol. The second-order valence-corrected chi connectivity index (χ2v) is 5.20. The second-order valence-electron chi connectivity index (χ2n) is 5.20. The van der Waals surface area contributed by atoms with E-state index in [2.05, 4.69) is 0 Å². The van der Waals surface area contributed by atoms with Gasteiger partial charge in [-0.25, -0.2) is 0 Å². The minimum absolute atomic E-state index is 0.0365. The fourth-order valence-corrected chi connectivity index (χ4v) is 2.65. The van der Waals surface area contributed by atoms with E-state index in [-0.39, 0.29) is 5.69 Å². The lowest BCUT2D eigenvalue weighted by atomic mass is 9.96. The quantitative estimate of drug-likeness (QED) is 0.640. The third-order valence-electron chi connectivity index (χ3n) is 3.83. The van der Waals surface area contributed by atoms with Crippen LogP contribution in [0.5, 0.6) is 5.75 Å². The minimum atomic E-state index is -1.04. The smallest absolute Gasteiger partial charge is 0.269 e. The summed E-state index contributed by atoms with van der Waals surface area (Å²) in [6.07, 6.45) is 0.810. The highest BCUT2D eigenvalue weighted by atomic mass is 16.7. The average Bonchev–Trinajstić information content (AvgIpc) is 2.62. The lowest BCUT2D eigenvalue weighted by Crippen LogP contribution is -2.39. The topological polar surface area (TPSA) is 70.8 Å². The van der Waals surface area contributed by atoms with Crippen LogP contribution in [0.2, 0.25) is 0 Å². The largest absolute Gasteiger partial charge is 0.497 e. The Morgan fingerprint density at radius 3 is 2.00 bits per heavy atom. The van der Waals surface area contributed by atoms with Gasteiger partial charge in [-0.15, -0.1) is 0 Å². The summed E-state index contributed by atoms with van der Waals surface area (Å²) >= 11 is 0. The van der Waals surface area contributed by atoms with Gasteiger partial charge in [0.15, 0.2) is 0 Å². The molecule has 0 unspecified atom stereocenters. The summed E-state index contributed by atoms with van der Waals surface area (Å²) in [5.74, 6) is -0.303. The van der Waals surface area contributed by atoms with Gasteiger partial charge >= 0.3 is 0 Å². The molecule has 2 aromatic rings. The minimum Gasteiger partial charge on any atom is -0.497 e. The van der Waals surface area contributed by atoms with E-state index in [0.29, 0.717) is 13.2 Å². The number of benzene rings is 2. The molecule has 1 fully saturated rings. The Morgan fingerprint density at radius 2 is 1.52 bits per heavy atom. The van der Waals surface area contributed by atoms with Crippen LogP contribution in [-0.4, -0.2) is 25.2 Å². The molecule has 0 spiro atoms. The van der Waals surface area contributed by atoms with E-state index in [1.165, 1.54) is 12.1 Å². The zero-order valence-electron chi connectivity index (χ0n) is 12.7. The maximum absolute atomic E-state index is 10.8. The molecule has 23 heavy (non-hydrogen) atoms. The van der Waals surface area contributed by atoms with Gasteiger partial charge in [-0.05, 0) is 42.8 Å². The lowest BCUT2D eigenvalue weighted by molar-refractivity contribution is -0.384. The SMILES string of the molecule is COc1ccc(C2(c3ccc([N+](=O)[O-])cc3)OCCCO2)cc1. The van der Waals surface area contributed by atoms with Gasteiger partial charge in [-0.1, -0.05) is 0 Å². The van der Waals surface area contributed by atoms with Crippen molar-refractivity contribution in [2.75, 3.05) is 20.3 Å². The summed E-state index contributed by atoms with van der Waals surface area (Å²) in [5.41, 5.74) is 1.59. The molecule has 0 saturated carbocycles. The van der Waals surface area contributed by atoms with E-state index in [1.807, 2.05) is 24.3 Å². The van der Waals surface area contributed by atoms with E-state index in [0.717, 1.165) is 23.3 Å². The Bertz CT molecular complexity index is 675. The average molecular weight is 315 g/mol. The van der Waals surface area contributed by atoms with Gasteiger partial charge in [0.2, 0.25) is 5.79 Å². The first-order valence-corrected chi connectivity index (χ1v) is 7.33. The summed E-state index contributed by atoms with van der Waals surface area (Å²) < 4.78 is 17.1. The molecule has 120 valence electrons. The molecule has 0 aliphatic carbocycles. The van der Waals surface area contributed by atoms with Crippen molar-refractivity contribution in [3.63, 3.8) is 0 Å². The van der Waals surface area contributed by atoms with Crippen molar-refractivity contribution in [2.24, 2.45) is 0 Å². The molecule has 1 aliphatic rings. The molecule has 0 radical (unpaired) electrons. The van der Waals surface area contributed by atoms with Crippen LogP contribution in [-0.2, 0) is 15.3 Å². The molecule has 0 atom stereocenters.